The first-order chi connectivity index (χ1) is 68.0. The van der Waals surface area contributed by atoms with Crippen molar-refractivity contribution in [3.63, 3.8) is 0 Å². The zero-order chi connectivity index (χ0) is 113. The molecule has 0 N–H and O–H groups in total. The third kappa shape index (κ3) is 44.4. The van der Waals surface area contributed by atoms with Gasteiger partial charge < -0.3 is 42.6 Å². The van der Waals surface area contributed by atoms with Gasteiger partial charge in [-0.1, -0.05) is 244 Å². The zero-order valence-corrected chi connectivity index (χ0v) is 94.5. The molecule has 147 heavy (non-hydrogen) atoms. The number of ether oxygens (including phenoxy) is 9. The quantitative estimate of drug-likeness (QED) is 0.00338. The maximum absolute atomic E-state index is 14.1. The van der Waals surface area contributed by atoms with Crippen LogP contribution >= 0.6 is 138 Å². The molecule has 0 saturated heterocycles. The highest BCUT2D eigenvalue weighted by atomic mass is 79.9. The Bertz CT molecular complexity index is 5320. The van der Waals surface area contributed by atoms with Crippen LogP contribution in [0.2, 0.25) is 25.1 Å². The van der Waals surface area contributed by atoms with Crippen LogP contribution in [0.25, 0.3) is 0 Å². The number of nitro benzene ring substituents is 1. The smallest absolute Gasteiger partial charge is 0.384 e. The van der Waals surface area contributed by atoms with Gasteiger partial charge >= 0.3 is 83.3 Å². The summed E-state index contributed by atoms with van der Waals surface area (Å²) in [6, 6.07) is 23.2. The number of hydrogen-bond donors (Lipinski definition) is 0. The number of unbranched alkanes of at least 4 members (excludes halogenated alkanes) is 8. The van der Waals surface area contributed by atoms with Crippen LogP contribution in [0.3, 0.4) is 0 Å². The Morgan fingerprint density at radius 1 is 0.422 bits per heavy atom. The first kappa shape index (κ1) is 138. The van der Waals surface area contributed by atoms with Crippen molar-refractivity contribution < 1.29 is 144 Å². The number of rotatable bonds is 38. The van der Waals surface area contributed by atoms with Gasteiger partial charge in [0.1, 0.15) is 27.6 Å². The minimum Gasteiger partial charge on any atom is -0.466 e. The van der Waals surface area contributed by atoms with Crippen LogP contribution in [0.4, 0.5) is 54.0 Å². The van der Waals surface area contributed by atoms with Gasteiger partial charge in [-0.05, 0) is 240 Å². The standard InChI is InChI=1S/C19H28O2.C13H16O2.C12H22O2.C11H7F11O2.C11H16O2.C10H5Br5O2.C10H5Cl5O2.C10H9NO4.C6H9NO4/c1-4-5-6-7-8-9-10-13-17-14-11-12-15-18(17)21-19(20)16(2)3;1-11(2)13(14)15-10-6-9-12-7-4-3-5-8-12;1-10(2)8-6-5-7-9-14-12(13)11(3)4;1-4(5(23)24-2)3-6(12)7(13,14)9(17,18)11(21,22)10(19,20)8(6,15)16;1-7(2)11(12)13-10-6-8-3-4-9(10)5-8;2*1-3(2)10(16)17-9-7(14)5(12)4(11)6(13)8(9)15;1-7(2)10(12)15-9-5-3-8(4-6-9)11(13)14;1-5(2)6(8)11-4-3-7(9)10/h11-12,14-15H,2,4-10,13H2,1,3H3;3-5,7-8H,1,6,9-10H2,2H3;10H,3,5-9H2,1-2,4H3;1,3H2,2H3;8-10H,1,3-6H2,2H3;2*1H2,2H3;3-6H,1H2,2H3;1,3-4H2,2H3. The number of para-hydroxylation sites is 1. The molecule has 24 nitrogen and oxygen atoms in total. The monoisotopic (exact) mass is 2500 g/mol. The van der Waals surface area contributed by atoms with Gasteiger partial charge in [0.15, 0.2) is 18.1 Å². The highest BCUT2D eigenvalue weighted by Crippen LogP contribution is 2.71. The minimum atomic E-state index is -7.28. The highest BCUT2D eigenvalue weighted by molar-refractivity contribution is 9.15. The lowest BCUT2D eigenvalue weighted by atomic mass is 9.70. The molecule has 0 heterocycles. The van der Waals surface area contributed by atoms with Crippen molar-refractivity contribution in [1.82, 2.24) is 0 Å². The number of aryl methyl sites for hydroxylation is 2. The third-order valence-corrected chi connectivity index (χ3v) is 28.5. The number of fused-ring (bicyclic) bond motifs is 2. The molecular weight excluding hydrogens is 2390 g/mol. The van der Waals surface area contributed by atoms with Gasteiger partial charge in [0, 0.05) is 78.1 Å². The summed E-state index contributed by atoms with van der Waals surface area (Å²) >= 11 is 46.0. The van der Waals surface area contributed by atoms with E-state index in [2.05, 4.69) is 181 Å². The number of methoxy groups -OCH3 is 1. The summed E-state index contributed by atoms with van der Waals surface area (Å²) in [6.07, 6.45) is 18.7. The van der Waals surface area contributed by atoms with Crippen LogP contribution in [0.5, 0.6) is 23.0 Å². The summed E-state index contributed by atoms with van der Waals surface area (Å²) in [4.78, 5) is 119. The molecule has 3 atom stereocenters. The Hall–Kier alpha value is -9.13. The second-order valence-electron chi connectivity index (χ2n) is 33.7. The average molecular weight is 2510 g/mol. The number of alkyl halides is 11. The number of halogens is 21. The summed E-state index contributed by atoms with van der Waals surface area (Å²) in [5.74, 6) is -37.5. The number of carbonyl (C=O) groups is 9. The molecule has 0 amide bonds. The van der Waals surface area contributed by atoms with Gasteiger partial charge in [-0.25, -0.2) is 47.5 Å². The van der Waals surface area contributed by atoms with Crippen molar-refractivity contribution in [2.24, 2.45) is 17.8 Å². The Balaban J connectivity index is 0.00000164. The fourth-order valence-electron chi connectivity index (χ4n) is 12.1. The van der Waals surface area contributed by atoms with Crippen LogP contribution in [-0.4, -0.2) is 138 Å². The van der Waals surface area contributed by atoms with Gasteiger partial charge in [-0.2, -0.15) is 43.9 Å². The van der Waals surface area contributed by atoms with E-state index < -0.39 is 87.0 Å². The van der Waals surface area contributed by atoms with Gasteiger partial charge in [-0.15, -0.1) is 0 Å². The normalized spacial score (nSPS) is 15.2. The fourth-order valence-corrected chi connectivity index (χ4v) is 16.4. The lowest BCUT2D eigenvalue weighted by Crippen LogP contribution is -2.83. The van der Waals surface area contributed by atoms with Crippen molar-refractivity contribution in [2.75, 3.05) is 33.5 Å². The molecule has 5 aromatic rings. The first-order valence-corrected chi connectivity index (χ1v) is 50.6. The Morgan fingerprint density at radius 3 is 1.22 bits per heavy atom. The molecule has 45 heteroatoms. The second-order valence-corrected chi connectivity index (χ2v) is 39.5. The third-order valence-electron chi connectivity index (χ3n) is 20.3. The zero-order valence-electron chi connectivity index (χ0n) is 82.8. The van der Waals surface area contributed by atoms with Crippen LogP contribution in [0, 0.1) is 38.0 Å². The van der Waals surface area contributed by atoms with E-state index in [-0.39, 0.29) is 102 Å². The van der Waals surface area contributed by atoms with Crippen molar-refractivity contribution in [3.8, 4) is 23.0 Å². The minimum absolute atomic E-state index is 0.00143. The summed E-state index contributed by atoms with van der Waals surface area (Å²) in [5, 5.41) is 19.8. The van der Waals surface area contributed by atoms with Crippen molar-refractivity contribution in [2.45, 2.75) is 240 Å². The predicted molar refractivity (Wildman–Crippen MR) is 561 cm³/mol. The van der Waals surface area contributed by atoms with E-state index in [1.807, 2.05) is 42.5 Å². The molecule has 0 spiro atoms. The van der Waals surface area contributed by atoms with Gasteiger partial charge in [0.25, 0.3) is 11.4 Å². The Morgan fingerprint density at radius 2 is 0.810 bits per heavy atom. The molecule has 2 bridgehead atoms. The number of carbonyl (C=O) groups excluding carboxylic acids is 9. The van der Waals surface area contributed by atoms with Crippen molar-refractivity contribution >= 4 is 197 Å². The van der Waals surface area contributed by atoms with Crippen LogP contribution < -0.4 is 18.9 Å². The predicted octanol–water partition coefficient (Wildman–Crippen LogP) is 31.7. The Labute approximate surface area is 914 Å². The van der Waals surface area contributed by atoms with Crippen LogP contribution in [-0.2, 0) is 79.7 Å². The van der Waals surface area contributed by atoms with Crippen LogP contribution in [0.15, 0.2) is 211 Å². The molecule has 3 aliphatic carbocycles. The number of esters is 9. The number of hydrogen-bond acceptors (Lipinski definition) is 22. The molecule has 0 radical (unpaired) electrons. The van der Waals surface area contributed by atoms with Gasteiger partial charge in [0.05, 0.1) is 58.2 Å². The van der Waals surface area contributed by atoms with E-state index in [0.29, 0.717) is 74.6 Å². The number of non-ortho nitro benzene ring substituents is 1. The molecule has 5 aromatic carbocycles. The summed E-state index contributed by atoms with van der Waals surface area (Å²) in [5.41, 5.74) is -2.68. The number of nitrogens with zero attached hydrogens (tertiary/aromatic N) is 2. The number of benzene rings is 5. The molecular formula is C102H117Br5Cl5F11N2O22. The van der Waals surface area contributed by atoms with E-state index in [4.69, 9.17) is 91.2 Å². The lowest BCUT2D eigenvalue weighted by Gasteiger charge is -2.52. The molecule has 3 fully saturated rings. The largest absolute Gasteiger partial charge is 0.466 e. The summed E-state index contributed by atoms with van der Waals surface area (Å²) in [6.45, 7) is 50.3. The van der Waals surface area contributed by atoms with Gasteiger partial charge in [-0.3, -0.25) is 20.2 Å². The maximum atomic E-state index is 14.1. The molecule has 8 rings (SSSR count). The lowest BCUT2D eigenvalue weighted by molar-refractivity contribution is -0.484. The molecule has 3 aliphatic rings. The molecule has 0 aliphatic heterocycles. The number of nitro groups is 2. The summed E-state index contributed by atoms with van der Waals surface area (Å²) < 4.78 is 194. The fraction of sp³-hybridized carbons (Fsp3) is 0.441. The second kappa shape index (κ2) is 66.5. The molecule has 814 valence electrons. The SMILES string of the molecule is C=C(C)C(=O)OC1CC2CCC1C2.C=C(C)C(=O)OCCCCCC(C)C.C=C(C)C(=O)OCCCc1ccccc1.C=C(C)C(=O)OCC[N+](=O)[O-].C=C(C)C(=O)Oc1c(Br)c(Br)c(Br)c(Br)c1Br.C=C(C)C(=O)Oc1c(Cl)c(Cl)c(Cl)c(Cl)c1Cl.C=C(C)C(=O)Oc1ccc([N+](=O)[O-])cc1.C=C(C)C(=O)Oc1ccccc1CCCCCCCCC.C=C(CC1(F)C(F)(F)C(F)(F)C(F)(F)C(F)(F)C1(F)F)C(=O)OC. The van der Waals surface area contributed by atoms with Crippen molar-refractivity contribution in [1.29, 1.82) is 0 Å². The van der Waals surface area contributed by atoms with Crippen molar-refractivity contribution in [3.05, 3.63) is 267 Å². The van der Waals surface area contributed by atoms with E-state index >= 15 is 0 Å². The van der Waals surface area contributed by atoms with E-state index in [9.17, 15) is 112 Å². The van der Waals surface area contributed by atoms with E-state index in [1.54, 1.807) is 34.6 Å². The molecule has 0 aromatic heterocycles. The van der Waals surface area contributed by atoms with Crippen LogP contribution in [0.1, 0.15) is 196 Å². The summed E-state index contributed by atoms with van der Waals surface area (Å²) in [7, 11) is 0.521. The highest BCUT2D eigenvalue weighted by Gasteiger charge is 3.01. The Kier molecular flexibility index (Phi) is 62.4. The topological polar surface area (TPSA) is 323 Å². The molecule has 3 unspecified atom stereocenters. The molecule has 3 saturated carbocycles. The maximum Gasteiger partial charge on any atom is 0.384 e. The van der Waals surface area contributed by atoms with E-state index in [0.717, 1.165) is 75.8 Å². The van der Waals surface area contributed by atoms with Gasteiger partial charge in [0.2, 0.25) is 6.54 Å². The average Bonchev–Trinajstić information content (AvgIpc) is 1.01. The van der Waals surface area contributed by atoms with E-state index in [1.165, 1.54) is 121 Å². The first-order valence-electron chi connectivity index (χ1n) is 44.7.